The van der Waals surface area contributed by atoms with Gasteiger partial charge in [-0.25, -0.2) is 0 Å². The van der Waals surface area contributed by atoms with Gasteiger partial charge in [-0.3, -0.25) is 0 Å². The van der Waals surface area contributed by atoms with Crippen molar-refractivity contribution in [2.75, 3.05) is 23.0 Å². The van der Waals surface area contributed by atoms with Crippen molar-refractivity contribution >= 4 is 45.3 Å². The van der Waals surface area contributed by atoms with Crippen LogP contribution >= 0.6 is 0 Å². The first kappa shape index (κ1) is 38.1. The quantitative estimate of drug-likeness (QED) is 0.136. The van der Waals surface area contributed by atoms with Gasteiger partial charge < -0.3 is 19.3 Å². The molecule has 1 saturated heterocycles. The Morgan fingerprint density at radius 3 is 1.07 bits per heavy atom. The zero-order valence-electron chi connectivity index (χ0n) is 31.8. The fourth-order valence-electron chi connectivity index (χ4n) is 7.78. The van der Waals surface area contributed by atoms with E-state index in [-0.39, 0.29) is 22.3 Å². The molecule has 1 heterocycles. The van der Waals surface area contributed by atoms with Crippen LogP contribution in [0.5, 0.6) is 0 Å². The van der Waals surface area contributed by atoms with Gasteiger partial charge in [0.15, 0.2) is 0 Å². The lowest BCUT2D eigenvalue weighted by Crippen LogP contribution is -2.30. The van der Waals surface area contributed by atoms with Crippen molar-refractivity contribution in [2.45, 2.75) is 12.2 Å². The van der Waals surface area contributed by atoms with Crippen LogP contribution < -0.4 is 9.80 Å². The highest BCUT2D eigenvalue weighted by Gasteiger charge is 2.38. The van der Waals surface area contributed by atoms with E-state index in [2.05, 4.69) is 46.2 Å². The summed E-state index contributed by atoms with van der Waals surface area (Å²) in [4.78, 5) is 4.21. The summed E-state index contributed by atoms with van der Waals surface area (Å²) in [5, 5.41) is 57.2. The van der Waals surface area contributed by atoms with Crippen LogP contribution in [0.3, 0.4) is 0 Å². The molecule has 0 saturated carbocycles. The lowest BCUT2D eigenvalue weighted by Gasteiger charge is -2.39. The molecule has 282 valence electrons. The molecule has 0 N–H and O–H groups in total. The van der Waals surface area contributed by atoms with Crippen LogP contribution in [0.25, 0.3) is 22.3 Å². The Labute approximate surface area is 347 Å². The van der Waals surface area contributed by atoms with Gasteiger partial charge in [0.2, 0.25) is 0 Å². The van der Waals surface area contributed by atoms with Crippen LogP contribution in [0, 0.1) is 68.0 Å². The van der Waals surface area contributed by atoms with Crippen molar-refractivity contribution in [2.24, 2.45) is 0 Å². The van der Waals surface area contributed by atoms with Gasteiger partial charge in [-0.05, 0) is 106 Å². The maximum Gasteiger partial charge on any atom is 0.148 e. The third-order valence-electron chi connectivity index (χ3n) is 10.5. The Balaban J connectivity index is 1.22. The highest BCUT2D eigenvalue weighted by Crippen LogP contribution is 2.52. The number of allylic oxidation sites excluding steroid dienone is 4. The topological polar surface area (TPSA) is 168 Å². The molecule has 0 amide bonds. The fraction of sp³-hybridized carbons (Fsp3) is 0.0800. The van der Waals surface area contributed by atoms with E-state index in [9.17, 15) is 31.6 Å². The van der Waals surface area contributed by atoms with Crippen molar-refractivity contribution in [1.82, 2.24) is 0 Å². The number of anilines is 6. The van der Waals surface area contributed by atoms with E-state index in [0.29, 0.717) is 24.3 Å². The minimum Gasteiger partial charge on any atom is -0.368 e. The van der Waals surface area contributed by atoms with Crippen LogP contribution in [0.2, 0.25) is 0 Å². The Kier molecular flexibility index (Phi) is 10.7. The molecule has 8 rings (SSSR count). The average Bonchev–Trinajstić information content (AvgIpc) is 3.31. The minimum absolute atomic E-state index is 0.0208. The highest BCUT2D eigenvalue weighted by atomic mass is 16.6. The molecule has 0 aromatic heterocycles. The molecule has 10 nitrogen and oxygen atoms in total. The second kappa shape index (κ2) is 16.8. The van der Waals surface area contributed by atoms with Crippen LogP contribution in [0.4, 0.5) is 34.1 Å². The molecule has 1 aliphatic heterocycles. The third-order valence-corrected chi connectivity index (χ3v) is 10.5. The number of fused-ring (bicyclic) bond motifs is 6. The van der Waals surface area contributed by atoms with Crippen LogP contribution in [-0.2, 0) is 9.47 Å². The van der Waals surface area contributed by atoms with Crippen molar-refractivity contribution in [1.29, 1.82) is 31.6 Å². The zero-order valence-corrected chi connectivity index (χ0v) is 31.8. The van der Waals surface area contributed by atoms with Gasteiger partial charge in [0.25, 0.3) is 0 Å². The molecule has 60 heavy (non-hydrogen) atoms. The minimum atomic E-state index is -0.412. The fourth-order valence-corrected chi connectivity index (χ4v) is 7.78. The number of rotatable bonds is 8. The molecule has 2 aliphatic rings. The number of benzene rings is 6. The molecular weight excluding hydrogens is 745 g/mol. The number of nitrogens with zero attached hydrogens (tertiary/aromatic N) is 8. The van der Waals surface area contributed by atoms with Crippen molar-refractivity contribution in [3.63, 3.8) is 0 Å². The first-order valence-electron chi connectivity index (χ1n) is 18.8. The second-order valence-corrected chi connectivity index (χ2v) is 13.7. The maximum absolute atomic E-state index is 9.76. The lowest BCUT2D eigenvalue weighted by atomic mass is 9.80. The summed E-state index contributed by atoms with van der Waals surface area (Å²) in [5.74, 6) is 0. The Hall–Kier alpha value is -8.74. The largest absolute Gasteiger partial charge is 0.368 e. The molecule has 0 radical (unpaired) electrons. The van der Waals surface area contributed by atoms with E-state index >= 15 is 0 Å². The average molecular weight is 775 g/mol. The van der Waals surface area contributed by atoms with E-state index < -0.39 is 12.2 Å². The Bertz CT molecular complexity index is 2720. The van der Waals surface area contributed by atoms with Gasteiger partial charge in [-0.2, -0.15) is 31.6 Å². The monoisotopic (exact) mass is 774 g/mol. The van der Waals surface area contributed by atoms with Crippen LogP contribution in [0.15, 0.2) is 157 Å². The smallest absolute Gasteiger partial charge is 0.148 e. The standard InChI is InChI=1S/C50H30N8O2/c51-27-35(28-52)47(31-55)33-11-15-39(16-12-33)57(37-7-3-1-4-8-37)41-19-21-43-44-22-20-42(26-46(44)50-49(45(43)25-41)59-23-24-60-50)58(38-9-5-2-6-10-38)40-17-13-34(14-18-40)48(32-56)36(29-53)30-54/h1-22,25-26,49-50H,23-24H2. The number of hydrogen-bond donors (Lipinski definition) is 0. The number of nitriles is 6. The van der Waals surface area contributed by atoms with Gasteiger partial charge in [0, 0.05) is 34.1 Å². The van der Waals surface area contributed by atoms with E-state index in [1.807, 2.05) is 121 Å². The molecule has 0 spiro atoms. The van der Waals surface area contributed by atoms with Crippen molar-refractivity contribution < 1.29 is 9.47 Å². The molecule has 1 aliphatic carbocycles. The first-order chi connectivity index (χ1) is 29.5. The SMILES string of the molecule is N#CC(C#N)=C(C#N)c1ccc(N(c2ccccc2)c2ccc3c(c2)C2OCCOC2c2cc(N(c4ccccc4)c4ccc(C(C#N)=C(C#N)C#N)cc4)ccc2-3)cc1. The third kappa shape index (κ3) is 6.97. The van der Waals surface area contributed by atoms with E-state index in [1.165, 1.54) is 0 Å². The first-order valence-corrected chi connectivity index (χ1v) is 18.8. The summed E-state index contributed by atoms with van der Waals surface area (Å²) in [5.41, 5.74) is 9.64. The van der Waals surface area contributed by atoms with Gasteiger partial charge in [0.1, 0.15) is 59.8 Å². The summed E-state index contributed by atoms with van der Waals surface area (Å²) in [7, 11) is 0. The van der Waals surface area contributed by atoms with Crippen LogP contribution in [0.1, 0.15) is 34.5 Å². The summed E-state index contributed by atoms with van der Waals surface area (Å²) < 4.78 is 13.1. The van der Waals surface area contributed by atoms with Gasteiger partial charge in [0.05, 0.1) is 24.4 Å². The number of ether oxygens (including phenoxy) is 2. The number of hydrogen-bond acceptors (Lipinski definition) is 10. The molecular formula is C50H30N8O2. The van der Waals surface area contributed by atoms with Crippen LogP contribution in [-0.4, -0.2) is 13.2 Å². The van der Waals surface area contributed by atoms with Crippen molar-refractivity contribution in [3.05, 3.63) is 179 Å². The predicted octanol–water partition coefficient (Wildman–Crippen LogP) is 11.1. The second-order valence-electron chi connectivity index (χ2n) is 13.7. The Morgan fingerprint density at radius 1 is 0.400 bits per heavy atom. The molecule has 2 atom stereocenters. The maximum atomic E-state index is 9.76. The molecule has 1 fully saturated rings. The lowest BCUT2D eigenvalue weighted by molar-refractivity contribution is -0.146. The van der Waals surface area contributed by atoms with Gasteiger partial charge in [-0.1, -0.05) is 72.8 Å². The Morgan fingerprint density at radius 2 is 0.733 bits per heavy atom. The van der Waals surface area contributed by atoms with E-state index in [4.69, 9.17) is 9.47 Å². The molecule has 10 heteroatoms. The molecule has 6 aromatic rings. The summed E-state index contributed by atoms with van der Waals surface area (Å²) in [6, 6.07) is 58.2. The summed E-state index contributed by atoms with van der Waals surface area (Å²) in [6.07, 6.45) is -0.824. The predicted molar refractivity (Wildman–Crippen MR) is 226 cm³/mol. The number of para-hydroxylation sites is 2. The van der Waals surface area contributed by atoms with E-state index in [1.54, 1.807) is 24.3 Å². The summed E-state index contributed by atoms with van der Waals surface area (Å²) >= 11 is 0. The van der Waals surface area contributed by atoms with Crippen molar-refractivity contribution in [3.8, 4) is 47.5 Å². The van der Waals surface area contributed by atoms with Gasteiger partial charge in [-0.15, -0.1) is 0 Å². The van der Waals surface area contributed by atoms with E-state index in [0.717, 1.165) is 56.4 Å². The zero-order chi connectivity index (χ0) is 41.6. The molecule has 2 unspecified atom stereocenters. The normalized spacial score (nSPS) is 14.3. The molecule has 0 bridgehead atoms. The molecule has 6 aromatic carbocycles. The summed E-state index contributed by atoms with van der Waals surface area (Å²) in [6.45, 7) is 0.847. The van der Waals surface area contributed by atoms with Gasteiger partial charge >= 0.3 is 0 Å². The highest BCUT2D eigenvalue weighted by molar-refractivity contribution is 5.89.